The maximum Gasteiger partial charge on any atom is 0.362 e. The van der Waals surface area contributed by atoms with Crippen molar-refractivity contribution < 1.29 is 36.9 Å². The smallest absolute Gasteiger partial charge is 0.362 e. The zero-order valence-electron chi connectivity index (χ0n) is 21.3. The lowest BCUT2D eigenvalue weighted by Crippen LogP contribution is -2.65. The number of nitrogens with zero attached hydrogens (tertiary/aromatic N) is 3. The van der Waals surface area contributed by atoms with Gasteiger partial charge in [-0.15, -0.1) is 11.3 Å². The number of benzene rings is 2. The van der Waals surface area contributed by atoms with Crippen molar-refractivity contribution in [1.29, 1.82) is 0 Å². The Morgan fingerprint density at radius 3 is 2.20 bits per heavy atom. The van der Waals surface area contributed by atoms with E-state index in [9.17, 15) is 22.8 Å². The van der Waals surface area contributed by atoms with E-state index in [1.165, 1.54) is 19.2 Å². The lowest BCUT2D eigenvalue weighted by atomic mass is 10.0. The van der Waals surface area contributed by atoms with Crippen LogP contribution < -0.4 is 11.1 Å². The largest absolute Gasteiger partial charge is 0.450 e. The van der Waals surface area contributed by atoms with Crippen LogP contribution in [0.25, 0.3) is 0 Å². The van der Waals surface area contributed by atoms with E-state index >= 15 is 0 Å². The minimum absolute atomic E-state index is 0.00553. The molecule has 13 nitrogen and oxygen atoms in total. The van der Waals surface area contributed by atoms with Gasteiger partial charge in [-0.25, -0.2) is 14.1 Å². The third-order valence-corrected chi connectivity index (χ3v) is 7.30. The molecule has 4 N–H and O–H groups in total. The highest BCUT2D eigenvalue weighted by Gasteiger charge is 2.45. The van der Waals surface area contributed by atoms with Gasteiger partial charge in [-0.2, -0.15) is 8.42 Å². The molecule has 0 spiro atoms. The molecule has 0 saturated carbocycles. The van der Waals surface area contributed by atoms with E-state index in [4.69, 9.17) is 19.9 Å². The summed E-state index contributed by atoms with van der Waals surface area (Å²) in [4.78, 5) is 47.8. The first kappa shape index (κ1) is 28.7. The number of β-lactam (4-membered cyclic amide) rings is 1. The average molecular weight is 588 g/mol. The maximum atomic E-state index is 13.3. The fourth-order valence-electron chi connectivity index (χ4n) is 3.57. The van der Waals surface area contributed by atoms with Crippen LogP contribution in [0.1, 0.15) is 36.8 Å². The van der Waals surface area contributed by atoms with Crippen LogP contribution in [0.5, 0.6) is 0 Å². The summed E-state index contributed by atoms with van der Waals surface area (Å²) in [5, 5.41) is 7.69. The van der Waals surface area contributed by atoms with E-state index in [0.29, 0.717) is 0 Å². The highest BCUT2D eigenvalue weighted by molar-refractivity contribution is 7.84. The summed E-state index contributed by atoms with van der Waals surface area (Å²) in [5.74, 6) is -2.77. The van der Waals surface area contributed by atoms with Crippen molar-refractivity contribution in [2.24, 2.45) is 5.16 Å². The third-order valence-electron chi connectivity index (χ3n) is 5.74. The molecule has 4 rings (SSSR count). The van der Waals surface area contributed by atoms with Crippen molar-refractivity contribution >= 4 is 50.3 Å². The molecule has 210 valence electrons. The summed E-state index contributed by atoms with van der Waals surface area (Å²) >= 11 is 1.01. The zero-order valence-corrected chi connectivity index (χ0v) is 22.9. The van der Waals surface area contributed by atoms with E-state index in [1.54, 1.807) is 0 Å². The monoisotopic (exact) mass is 587 g/mol. The van der Waals surface area contributed by atoms with Crippen LogP contribution >= 0.6 is 11.3 Å². The van der Waals surface area contributed by atoms with Gasteiger partial charge in [0.2, 0.25) is 5.60 Å². The van der Waals surface area contributed by atoms with Gasteiger partial charge in [-0.05, 0) is 25.0 Å². The number of nitrogens with one attached hydrogen (secondary N) is 1. The number of nitrogens with two attached hydrogens (primary N) is 1. The number of rotatable bonds is 10. The van der Waals surface area contributed by atoms with Crippen molar-refractivity contribution in [2.45, 2.75) is 31.6 Å². The quantitative estimate of drug-likeness (QED) is 0.103. The Kier molecular flexibility index (Phi) is 8.18. The number of hydrogen-bond donors (Lipinski definition) is 3. The second-order valence-corrected chi connectivity index (χ2v) is 11.3. The Labute approximate surface area is 233 Å². The molecule has 1 aliphatic rings. The highest BCUT2D eigenvalue weighted by Crippen LogP contribution is 2.28. The van der Waals surface area contributed by atoms with Crippen LogP contribution in [0.3, 0.4) is 0 Å². The van der Waals surface area contributed by atoms with Crippen molar-refractivity contribution in [2.75, 3.05) is 12.3 Å². The van der Waals surface area contributed by atoms with Crippen molar-refractivity contribution in [3.63, 3.8) is 0 Å². The van der Waals surface area contributed by atoms with Gasteiger partial charge in [0.05, 0.1) is 6.54 Å². The van der Waals surface area contributed by atoms with E-state index in [1.807, 2.05) is 60.7 Å². The van der Waals surface area contributed by atoms with E-state index in [-0.39, 0.29) is 15.1 Å². The molecule has 0 aliphatic carbocycles. The molecule has 1 aromatic heterocycles. The molecule has 40 heavy (non-hydrogen) atoms. The number of nitrogen functional groups attached to an aromatic ring is 1. The summed E-state index contributed by atoms with van der Waals surface area (Å²) in [6.45, 7) is 2.32. The number of aromatic nitrogens is 1. The van der Waals surface area contributed by atoms with Crippen LogP contribution in [0, 0.1) is 0 Å². The number of esters is 1. The number of thiazole rings is 1. The van der Waals surface area contributed by atoms with Gasteiger partial charge in [-0.1, -0.05) is 65.8 Å². The Morgan fingerprint density at radius 1 is 1.15 bits per heavy atom. The van der Waals surface area contributed by atoms with Crippen molar-refractivity contribution in [3.8, 4) is 0 Å². The Balaban J connectivity index is 1.53. The number of oxime groups is 1. The minimum atomic E-state index is -4.74. The molecule has 0 unspecified atom stereocenters. The zero-order chi connectivity index (χ0) is 29.1. The molecule has 3 aromatic rings. The summed E-state index contributed by atoms with van der Waals surface area (Å²) in [7, 11) is -4.74. The van der Waals surface area contributed by atoms with Gasteiger partial charge in [0.15, 0.2) is 16.9 Å². The summed E-state index contributed by atoms with van der Waals surface area (Å²) in [5.41, 5.74) is 5.02. The molecule has 1 aliphatic heterocycles. The van der Waals surface area contributed by atoms with Gasteiger partial charge < -0.3 is 20.6 Å². The molecule has 1 atom stereocenters. The molecule has 0 radical (unpaired) electrons. The lowest BCUT2D eigenvalue weighted by Gasteiger charge is -2.35. The third kappa shape index (κ3) is 6.44. The molecule has 15 heteroatoms. The van der Waals surface area contributed by atoms with Gasteiger partial charge in [0.1, 0.15) is 11.7 Å². The fourth-order valence-corrected chi connectivity index (χ4v) is 4.81. The molecular formula is C25H25N5O8S2. The molecule has 2 amide bonds. The number of hydrogen-bond acceptors (Lipinski definition) is 11. The average Bonchev–Trinajstić information content (AvgIpc) is 3.34. The lowest BCUT2D eigenvalue weighted by molar-refractivity contribution is -0.172. The number of ether oxygens (including phenoxy) is 1. The van der Waals surface area contributed by atoms with Crippen molar-refractivity contribution in [1.82, 2.24) is 14.6 Å². The fraction of sp³-hybridized carbons (Fsp3) is 0.240. The molecular weight excluding hydrogens is 562 g/mol. The van der Waals surface area contributed by atoms with Crippen LogP contribution in [-0.2, 0) is 34.3 Å². The molecule has 2 heterocycles. The maximum absolute atomic E-state index is 13.3. The van der Waals surface area contributed by atoms with E-state index < -0.39 is 58.1 Å². The van der Waals surface area contributed by atoms with Gasteiger partial charge in [-0.3, -0.25) is 14.1 Å². The summed E-state index contributed by atoms with van der Waals surface area (Å²) in [6, 6.07) is 17.0. The molecule has 1 saturated heterocycles. The number of amides is 2. The van der Waals surface area contributed by atoms with Gasteiger partial charge >= 0.3 is 16.3 Å². The second kappa shape index (κ2) is 11.4. The number of carbonyl (C=O) groups is 3. The van der Waals surface area contributed by atoms with Gasteiger partial charge in [0.25, 0.3) is 11.8 Å². The predicted molar refractivity (Wildman–Crippen MR) is 144 cm³/mol. The van der Waals surface area contributed by atoms with Crippen LogP contribution in [0.2, 0.25) is 0 Å². The van der Waals surface area contributed by atoms with Crippen LogP contribution in [-0.4, -0.2) is 63.9 Å². The van der Waals surface area contributed by atoms with Gasteiger partial charge in [0, 0.05) is 5.38 Å². The normalized spacial score (nSPS) is 15.9. The number of anilines is 1. The summed E-state index contributed by atoms with van der Waals surface area (Å²) < 4.78 is 37.4. The molecule has 1 fully saturated rings. The van der Waals surface area contributed by atoms with Crippen LogP contribution in [0.15, 0.2) is 71.2 Å². The first-order chi connectivity index (χ1) is 18.9. The minimum Gasteiger partial charge on any atom is -0.450 e. The Morgan fingerprint density at radius 2 is 1.73 bits per heavy atom. The Bertz CT molecular complexity index is 1500. The standard InChI is InChI=1S/C25H25N5O8S2/c1-25(2,23(33)37-20(15-9-5-3-6-10-15)16-11-7-4-8-12-16)38-29-19(18-14-39-24(26)28-18)21(31)27-17-13-30(22(17)32)40(34,35)36/h3-12,14,17,20H,13H2,1-2H3,(H2,26,28)(H,27,31)(H,34,35,36)/t17-/m0/s1. The second-order valence-electron chi connectivity index (χ2n) is 9.09. The van der Waals surface area contributed by atoms with Crippen molar-refractivity contribution in [3.05, 3.63) is 82.9 Å². The predicted octanol–water partition coefficient (Wildman–Crippen LogP) is 1.69. The highest BCUT2D eigenvalue weighted by atomic mass is 32.2. The first-order valence-electron chi connectivity index (χ1n) is 11.7. The summed E-state index contributed by atoms with van der Waals surface area (Å²) in [6.07, 6.45) is -0.752. The molecule has 2 aromatic carbocycles. The van der Waals surface area contributed by atoms with E-state index in [2.05, 4.69) is 15.5 Å². The molecule has 0 bridgehead atoms. The Hall–Kier alpha value is -4.34. The first-order valence-corrected chi connectivity index (χ1v) is 14.0. The topological polar surface area (TPSA) is 191 Å². The number of carbonyl (C=O) groups excluding carboxylic acids is 3. The van der Waals surface area contributed by atoms with E-state index in [0.717, 1.165) is 22.5 Å². The SMILES string of the molecule is CC(C)(ON=C(C(=O)N[C@H]1CN(S(=O)(=O)O)C1=O)c1csc(N)n1)C(=O)OC(c1ccccc1)c1ccccc1. The van der Waals surface area contributed by atoms with Crippen LogP contribution in [0.4, 0.5) is 5.13 Å².